The summed E-state index contributed by atoms with van der Waals surface area (Å²) in [4.78, 5) is 14.1. The first-order valence-electron chi connectivity index (χ1n) is 7.53. The molecule has 5 heteroatoms. The van der Waals surface area contributed by atoms with Crippen molar-refractivity contribution in [3.05, 3.63) is 24.3 Å². The summed E-state index contributed by atoms with van der Waals surface area (Å²) in [7, 11) is 0. The van der Waals surface area contributed by atoms with Gasteiger partial charge in [0.1, 0.15) is 5.75 Å². The Kier molecular flexibility index (Phi) is 8.16. The van der Waals surface area contributed by atoms with Gasteiger partial charge in [-0.25, -0.2) is 0 Å². The first-order chi connectivity index (χ1) is 9.78. The monoisotopic (exact) mass is 312 g/mol. The second kappa shape index (κ2) is 9.64. The summed E-state index contributed by atoms with van der Waals surface area (Å²) in [5, 5.41) is 2.93. The molecule has 1 N–H and O–H groups in total. The predicted molar refractivity (Wildman–Crippen MR) is 88.4 cm³/mol. The molecule has 1 amide bonds. The summed E-state index contributed by atoms with van der Waals surface area (Å²) in [6.07, 6.45) is 4.60. The van der Waals surface area contributed by atoms with E-state index in [2.05, 4.69) is 17.1 Å². The Morgan fingerprint density at radius 3 is 2.52 bits per heavy atom. The van der Waals surface area contributed by atoms with Crippen LogP contribution in [0.1, 0.15) is 32.6 Å². The summed E-state index contributed by atoms with van der Waals surface area (Å²) >= 11 is 0. The van der Waals surface area contributed by atoms with Gasteiger partial charge in [0.2, 0.25) is 5.91 Å². The molecule has 1 fully saturated rings. The van der Waals surface area contributed by atoms with Gasteiger partial charge < -0.3 is 10.1 Å². The van der Waals surface area contributed by atoms with Crippen LogP contribution in [0.2, 0.25) is 0 Å². The third kappa shape index (κ3) is 6.36. The van der Waals surface area contributed by atoms with Gasteiger partial charge in [0.15, 0.2) is 0 Å². The molecule has 0 saturated carbocycles. The van der Waals surface area contributed by atoms with E-state index >= 15 is 0 Å². The molecule has 0 bridgehead atoms. The molecule has 0 aliphatic carbocycles. The fraction of sp³-hybridized carbons (Fsp3) is 0.562. The van der Waals surface area contributed by atoms with Crippen LogP contribution in [0.5, 0.6) is 5.75 Å². The Morgan fingerprint density at radius 2 is 1.90 bits per heavy atom. The maximum Gasteiger partial charge on any atom is 0.238 e. The second-order valence-electron chi connectivity index (χ2n) is 5.26. The summed E-state index contributed by atoms with van der Waals surface area (Å²) in [5.74, 6) is 0.919. The fourth-order valence-corrected chi connectivity index (χ4v) is 2.31. The number of rotatable bonds is 7. The highest BCUT2D eigenvalue weighted by Gasteiger charge is 2.14. The third-order valence-corrected chi connectivity index (χ3v) is 3.47. The van der Waals surface area contributed by atoms with E-state index in [1.54, 1.807) is 0 Å². The molecule has 118 valence electrons. The zero-order valence-corrected chi connectivity index (χ0v) is 13.5. The van der Waals surface area contributed by atoms with Crippen molar-refractivity contribution in [1.82, 2.24) is 4.90 Å². The van der Waals surface area contributed by atoms with Gasteiger partial charge in [-0.2, -0.15) is 0 Å². The van der Waals surface area contributed by atoms with Crippen molar-refractivity contribution in [3.63, 3.8) is 0 Å². The lowest BCUT2D eigenvalue weighted by molar-refractivity contribution is -0.117. The molecule has 1 aliphatic heterocycles. The van der Waals surface area contributed by atoms with Crippen LogP contribution in [0.25, 0.3) is 0 Å². The van der Waals surface area contributed by atoms with Gasteiger partial charge in [-0.3, -0.25) is 9.69 Å². The maximum absolute atomic E-state index is 11.9. The topological polar surface area (TPSA) is 41.6 Å². The van der Waals surface area contributed by atoms with Crippen LogP contribution in [0, 0.1) is 0 Å². The number of benzene rings is 1. The maximum atomic E-state index is 11.9. The molecule has 0 atom stereocenters. The van der Waals surface area contributed by atoms with E-state index in [0.717, 1.165) is 44.0 Å². The zero-order chi connectivity index (χ0) is 14.2. The largest absolute Gasteiger partial charge is 0.494 e. The number of nitrogens with zero attached hydrogens (tertiary/aromatic N) is 1. The molecule has 0 aromatic heterocycles. The van der Waals surface area contributed by atoms with Crippen LogP contribution in [0.15, 0.2) is 24.3 Å². The molecule has 1 aromatic rings. The average molecular weight is 313 g/mol. The van der Waals surface area contributed by atoms with E-state index in [-0.39, 0.29) is 18.3 Å². The first kappa shape index (κ1) is 17.8. The first-order valence-corrected chi connectivity index (χ1v) is 7.53. The van der Waals surface area contributed by atoms with Crippen LogP contribution in [-0.4, -0.2) is 37.0 Å². The molecule has 0 spiro atoms. The van der Waals surface area contributed by atoms with Gasteiger partial charge in [0.05, 0.1) is 13.2 Å². The van der Waals surface area contributed by atoms with Crippen LogP contribution < -0.4 is 10.1 Å². The van der Waals surface area contributed by atoms with Gasteiger partial charge in [-0.05, 0) is 56.6 Å². The molecule has 0 unspecified atom stereocenters. The molecule has 1 aromatic carbocycles. The van der Waals surface area contributed by atoms with Crippen LogP contribution >= 0.6 is 12.4 Å². The number of carbonyl (C=O) groups excluding carboxylic acids is 1. The number of halogens is 1. The van der Waals surface area contributed by atoms with Crippen LogP contribution in [0.4, 0.5) is 5.69 Å². The second-order valence-corrected chi connectivity index (χ2v) is 5.26. The van der Waals surface area contributed by atoms with Crippen molar-refractivity contribution in [2.24, 2.45) is 0 Å². The molecule has 21 heavy (non-hydrogen) atoms. The number of hydrogen-bond donors (Lipinski definition) is 1. The Morgan fingerprint density at radius 1 is 1.24 bits per heavy atom. The van der Waals surface area contributed by atoms with Gasteiger partial charge in [0.25, 0.3) is 0 Å². The zero-order valence-electron chi connectivity index (χ0n) is 12.6. The molecule has 4 nitrogen and oxygen atoms in total. The molecule has 2 rings (SSSR count). The number of amides is 1. The number of anilines is 1. The van der Waals surface area contributed by atoms with E-state index in [0.29, 0.717) is 6.54 Å². The van der Waals surface area contributed by atoms with Crippen LogP contribution in [-0.2, 0) is 4.79 Å². The van der Waals surface area contributed by atoms with Gasteiger partial charge >= 0.3 is 0 Å². The van der Waals surface area contributed by atoms with Gasteiger partial charge in [-0.15, -0.1) is 12.4 Å². The Hall–Kier alpha value is -1.26. The van der Waals surface area contributed by atoms with Gasteiger partial charge in [-0.1, -0.05) is 13.3 Å². The lowest BCUT2D eigenvalue weighted by atomic mass is 10.3. The van der Waals surface area contributed by atoms with Crippen LogP contribution in [0.3, 0.4) is 0 Å². The van der Waals surface area contributed by atoms with Crippen molar-refractivity contribution >= 4 is 24.0 Å². The Balaban J connectivity index is 0.00000220. The fourth-order valence-electron chi connectivity index (χ4n) is 2.31. The number of ether oxygens (including phenoxy) is 1. The molecular formula is C16H25ClN2O2. The highest BCUT2D eigenvalue weighted by Crippen LogP contribution is 2.16. The van der Waals surface area contributed by atoms with E-state index in [1.165, 1.54) is 12.8 Å². The number of nitrogens with one attached hydrogen (secondary N) is 1. The van der Waals surface area contributed by atoms with E-state index in [9.17, 15) is 4.79 Å². The van der Waals surface area contributed by atoms with E-state index in [4.69, 9.17) is 4.74 Å². The summed E-state index contributed by atoms with van der Waals surface area (Å²) < 4.78 is 5.59. The number of carbonyl (C=O) groups is 1. The van der Waals surface area contributed by atoms with E-state index in [1.807, 2.05) is 24.3 Å². The molecule has 1 saturated heterocycles. The van der Waals surface area contributed by atoms with Crippen molar-refractivity contribution in [2.45, 2.75) is 32.6 Å². The lowest BCUT2D eigenvalue weighted by Crippen LogP contribution is -2.30. The van der Waals surface area contributed by atoms with Crippen molar-refractivity contribution < 1.29 is 9.53 Å². The SMILES string of the molecule is CCCCOc1ccc(NC(=O)CN2CCCC2)cc1.Cl. The minimum atomic E-state index is 0. The van der Waals surface area contributed by atoms with Gasteiger partial charge in [0, 0.05) is 5.69 Å². The smallest absolute Gasteiger partial charge is 0.238 e. The van der Waals surface area contributed by atoms with Crippen molar-refractivity contribution in [3.8, 4) is 5.75 Å². The molecule has 1 aliphatic rings. The number of unbranched alkanes of at least 4 members (excludes halogenated alkanes) is 1. The molecular weight excluding hydrogens is 288 g/mol. The minimum Gasteiger partial charge on any atom is -0.494 e. The standard InChI is InChI=1S/C16H24N2O2.ClH/c1-2-3-12-20-15-8-6-14(7-9-15)17-16(19)13-18-10-4-5-11-18;/h6-9H,2-5,10-13H2,1H3,(H,17,19);1H. The quantitative estimate of drug-likeness (QED) is 0.785. The highest BCUT2D eigenvalue weighted by molar-refractivity contribution is 5.92. The number of likely N-dealkylation sites (tertiary alicyclic amines) is 1. The lowest BCUT2D eigenvalue weighted by Gasteiger charge is -2.14. The highest BCUT2D eigenvalue weighted by atomic mass is 35.5. The third-order valence-electron chi connectivity index (χ3n) is 3.47. The number of hydrogen-bond acceptors (Lipinski definition) is 3. The van der Waals surface area contributed by atoms with E-state index < -0.39 is 0 Å². The van der Waals surface area contributed by atoms with Crippen molar-refractivity contribution in [2.75, 3.05) is 31.6 Å². The minimum absolute atomic E-state index is 0. The Bertz CT molecular complexity index is 417. The Labute approximate surface area is 133 Å². The van der Waals surface area contributed by atoms with Crippen molar-refractivity contribution in [1.29, 1.82) is 0 Å². The summed E-state index contributed by atoms with van der Waals surface area (Å²) in [6.45, 7) is 5.46. The molecule has 1 heterocycles. The normalized spacial score (nSPS) is 14.5. The summed E-state index contributed by atoms with van der Waals surface area (Å²) in [5.41, 5.74) is 0.831. The average Bonchev–Trinajstić information content (AvgIpc) is 2.94. The predicted octanol–water partition coefficient (Wildman–Crippen LogP) is 3.32. The summed E-state index contributed by atoms with van der Waals surface area (Å²) in [6, 6.07) is 7.59. The molecule has 0 radical (unpaired) electrons.